The molecule has 0 aliphatic heterocycles. The van der Waals surface area contributed by atoms with Gasteiger partial charge in [-0.3, -0.25) is 0 Å². The van der Waals surface area contributed by atoms with Crippen molar-refractivity contribution < 1.29 is 15.0 Å². The Morgan fingerprint density at radius 3 is 2.17 bits per heavy atom. The van der Waals surface area contributed by atoms with Gasteiger partial charge in [0.05, 0.1) is 0 Å². The number of nitrogens with one attached hydrogen (secondary N) is 2. The number of amides is 2. The molecular formula is C18H38N2O3. The fourth-order valence-corrected chi connectivity index (χ4v) is 2.74. The van der Waals surface area contributed by atoms with Crippen molar-refractivity contribution in [3.63, 3.8) is 0 Å². The van der Waals surface area contributed by atoms with Crippen molar-refractivity contribution >= 4 is 6.03 Å². The second kappa shape index (κ2) is 13.6. The van der Waals surface area contributed by atoms with Crippen molar-refractivity contribution in [3.8, 4) is 0 Å². The van der Waals surface area contributed by atoms with Gasteiger partial charge in [0.1, 0.15) is 0 Å². The standard InChI is InChI=1S/C18H38N2O3/c1-4-10-18(3,15-22)11-6-8-13-20-17(23)19-12-7-5-9-16(2)14-21/h16,21-22H,4-15H2,1-3H3,(H2,19,20,23). The molecule has 2 amide bonds. The third-order valence-corrected chi connectivity index (χ3v) is 4.45. The predicted octanol–water partition coefficient (Wildman–Crippen LogP) is 3.05. The Kier molecular flexibility index (Phi) is 13.1. The van der Waals surface area contributed by atoms with E-state index >= 15 is 0 Å². The molecule has 0 radical (unpaired) electrons. The number of carbonyl (C=O) groups is 1. The molecule has 4 N–H and O–H groups in total. The zero-order chi connectivity index (χ0) is 17.6. The smallest absolute Gasteiger partial charge is 0.314 e. The Hall–Kier alpha value is -0.810. The molecule has 0 saturated carbocycles. The highest BCUT2D eigenvalue weighted by molar-refractivity contribution is 5.73. The zero-order valence-electron chi connectivity index (χ0n) is 15.4. The quantitative estimate of drug-likeness (QED) is 0.370. The molecule has 0 rings (SSSR count). The van der Waals surface area contributed by atoms with Gasteiger partial charge in [-0.15, -0.1) is 0 Å². The summed E-state index contributed by atoms with van der Waals surface area (Å²) in [5, 5.41) is 24.1. The summed E-state index contributed by atoms with van der Waals surface area (Å²) in [6, 6.07) is -0.0984. The Balaban J connectivity index is 3.53. The lowest BCUT2D eigenvalue weighted by molar-refractivity contribution is 0.119. The first-order valence-corrected chi connectivity index (χ1v) is 9.21. The van der Waals surface area contributed by atoms with Crippen LogP contribution in [0.4, 0.5) is 4.79 Å². The van der Waals surface area contributed by atoms with Crippen LogP contribution in [-0.4, -0.2) is 42.5 Å². The second-order valence-electron chi connectivity index (χ2n) is 7.14. The van der Waals surface area contributed by atoms with Gasteiger partial charge in [-0.05, 0) is 43.4 Å². The summed E-state index contributed by atoms with van der Waals surface area (Å²) >= 11 is 0. The molecule has 2 unspecified atom stereocenters. The lowest BCUT2D eigenvalue weighted by atomic mass is 9.81. The summed E-state index contributed by atoms with van der Waals surface area (Å²) in [7, 11) is 0. The van der Waals surface area contributed by atoms with E-state index < -0.39 is 0 Å². The van der Waals surface area contributed by atoms with Crippen molar-refractivity contribution in [2.24, 2.45) is 11.3 Å². The molecular weight excluding hydrogens is 292 g/mol. The van der Waals surface area contributed by atoms with Crippen molar-refractivity contribution in [1.82, 2.24) is 10.6 Å². The van der Waals surface area contributed by atoms with Crippen molar-refractivity contribution in [2.75, 3.05) is 26.3 Å². The van der Waals surface area contributed by atoms with E-state index in [0.29, 0.717) is 19.0 Å². The van der Waals surface area contributed by atoms with Crippen LogP contribution < -0.4 is 10.6 Å². The van der Waals surface area contributed by atoms with Crippen LogP contribution in [0.1, 0.15) is 72.1 Å². The maximum absolute atomic E-state index is 11.6. The highest BCUT2D eigenvalue weighted by Gasteiger charge is 2.21. The number of rotatable bonds is 14. The van der Waals surface area contributed by atoms with Crippen LogP contribution in [0.2, 0.25) is 0 Å². The van der Waals surface area contributed by atoms with Gasteiger partial charge in [-0.2, -0.15) is 0 Å². The van der Waals surface area contributed by atoms with E-state index in [9.17, 15) is 9.90 Å². The average molecular weight is 331 g/mol. The Morgan fingerprint density at radius 2 is 1.65 bits per heavy atom. The normalized spacial score (nSPS) is 15.0. The van der Waals surface area contributed by atoms with Crippen LogP contribution in [0.5, 0.6) is 0 Å². The summed E-state index contributed by atoms with van der Waals surface area (Å²) in [6.45, 7) is 8.15. The van der Waals surface area contributed by atoms with Crippen LogP contribution in [-0.2, 0) is 0 Å². The van der Waals surface area contributed by atoms with Gasteiger partial charge in [0.2, 0.25) is 0 Å². The minimum absolute atomic E-state index is 0.0305. The van der Waals surface area contributed by atoms with Crippen molar-refractivity contribution in [2.45, 2.75) is 72.1 Å². The van der Waals surface area contributed by atoms with Crippen LogP contribution in [0.15, 0.2) is 0 Å². The third kappa shape index (κ3) is 12.3. The maximum atomic E-state index is 11.6. The molecule has 2 atom stereocenters. The van der Waals surface area contributed by atoms with Crippen LogP contribution >= 0.6 is 0 Å². The topological polar surface area (TPSA) is 81.6 Å². The number of carbonyl (C=O) groups excluding carboxylic acids is 1. The van der Waals surface area contributed by atoms with Gasteiger partial charge in [0.15, 0.2) is 0 Å². The van der Waals surface area contributed by atoms with Gasteiger partial charge in [0.25, 0.3) is 0 Å². The highest BCUT2D eigenvalue weighted by atomic mass is 16.3. The molecule has 0 saturated heterocycles. The fourth-order valence-electron chi connectivity index (χ4n) is 2.74. The van der Waals surface area contributed by atoms with Crippen LogP contribution in [0, 0.1) is 11.3 Å². The Morgan fingerprint density at radius 1 is 1.04 bits per heavy atom. The van der Waals surface area contributed by atoms with Crippen LogP contribution in [0.3, 0.4) is 0 Å². The fraction of sp³-hybridized carbons (Fsp3) is 0.944. The summed E-state index contributed by atoms with van der Waals surface area (Å²) in [5.74, 6) is 0.348. The molecule has 0 heterocycles. The number of urea groups is 1. The molecule has 0 aliphatic rings. The Labute approximate surface area is 142 Å². The van der Waals surface area contributed by atoms with Crippen LogP contribution in [0.25, 0.3) is 0 Å². The average Bonchev–Trinajstić information content (AvgIpc) is 2.54. The molecule has 0 fully saturated rings. The molecule has 0 aromatic carbocycles. The largest absolute Gasteiger partial charge is 0.396 e. The molecule has 5 nitrogen and oxygen atoms in total. The van der Waals surface area contributed by atoms with E-state index in [1.807, 2.05) is 6.92 Å². The summed E-state index contributed by atoms with van der Waals surface area (Å²) in [5.41, 5.74) is 0.0305. The molecule has 0 spiro atoms. The monoisotopic (exact) mass is 330 g/mol. The number of hydrogen-bond acceptors (Lipinski definition) is 3. The van der Waals surface area contributed by atoms with E-state index in [-0.39, 0.29) is 24.7 Å². The third-order valence-electron chi connectivity index (χ3n) is 4.45. The molecule has 5 heteroatoms. The van der Waals surface area contributed by atoms with Gasteiger partial charge in [-0.25, -0.2) is 4.79 Å². The first-order chi connectivity index (χ1) is 11.0. The number of aliphatic hydroxyl groups excluding tert-OH is 2. The van der Waals surface area contributed by atoms with Gasteiger partial charge >= 0.3 is 6.03 Å². The number of hydrogen-bond donors (Lipinski definition) is 4. The number of unbranched alkanes of at least 4 members (excludes halogenated alkanes) is 2. The van der Waals surface area contributed by atoms with E-state index in [1.54, 1.807) is 0 Å². The van der Waals surface area contributed by atoms with Crippen molar-refractivity contribution in [1.29, 1.82) is 0 Å². The summed E-state index contributed by atoms with van der Waals surface area (Å²) in [4.78, 5) is 11.6. The molecule has 0 aromatic heterocycles. The first-order valence-electron chi connectivity index (χ1n) is 9.21. The molecule has 138 valence electrons. The highest BCUT2D eigenvalue weighted by Crippen LogP contribution is 2.28. The summed E-state index contributed by atoms with van der Waals surface area (Å²) in [6.07, 6.45) is 8.09. The van der Waals surface area contributed by atoms with E-state index in [0.717, 1.165) is 51.4 Å². The molecule has 0 bridgehead atoms. The molecule has 0 aliphatic carbocycles. The molecule has 0 aromatic rings. The first kappa shape index (κ1) is 22.2. The van der Waals surface area contributed by atoms with Gasteiger partial charge < -0.3 is 20.8 Å². The zero-order valence-corrected chi connectivity index (χ0v) is 15.4. The van der Waals surface area contributed by atoms with E-state index in [2.05, 4.69) is 24.5 Å². The Bertz CT molecular complexity index is 300. The SMILES string of the molecule is CCCC(C)(CO)CCCCNC(=O)NCCCCC(C)CO. The lowest BCUT2D eigenvalue weighted by Gasteiger charge is -2.26. The minimum Gasteiger partial charge on any atom is -0.396 e. The van der Waals surface area contributed by atoms with Crippen molar-refractivity contribution in [3.05, 3.63) is 0 Å². The molecule has 23 heavy (non-hydrogen) atoms. The predicted molar refractivity (Wildman–Crippen MR) is 95.5 cm³/mol. The van der Waals surface area contributed by atoms with Gasteiger partial charge in [-0.1, -0.05) is 40.0 Å². The lowest BCUT2D eigenvalue weighted by Crippen LogP contribution is -2.36. The summed E-state index contributed by atoms with van der Waals surface area (Å²) < 4.78 is 0. The van der Waals surface area contributed by atoms with E-state index in [4.69, 9.17) is 5.11 Å². The van der Waals surface area contributed by atoms with Gasteiger partial charge in [0, 0.05) is 26.3 Å². The minimum atomic E-state index is -0.0984. The second-order valence-corrected chi connectivity index (χ2v) is 7.14. The number of aliphatic hydroxyl groups is 2. The van der Waals surface area contributed by atoms with E-state index in [1.165, 1.54) is 0 Å². The maximum Gasteiger partial charge on any atom is 0.314 e.